The number of ether oxygens (including phenoxy) is 1. The highest BCUT2D eigenvalue weighted by Crippen LogP contribution is 2.22. The minimum Gasteiger partial charge on any atom is -0.484 e. The Labute approximate surface area is 134 Å². The molecule has 5 heteroatoms. The highest BCUT2D eigenvalue weighted by Gasteiger charge is 2.20. The molecule has 2 rings (SSSR count). The van der Waals surface area contributed by atoms with Gasteiger partial charge in [-0.1, -0.05) is 29.8 Å². The summed E-state index contributed by atoms with van der Waals surface area (Å²) in [5.41, 5.74) is 0.477. The molecule has 0 aromatic heterocycles. The highest BCUT2D eigenvalue weighted by molar-refractivity contribution is 6.30. The van der Waals surface area contributed by atoms with Crippen LogP contribution in [0.2, 0.25) is 5.02 Å². The van der Waals surface area contributed by atoms with Crippen molar-refractivity contribution in [2.24, 2.45) is 0 Å². The van der Waals surface area contributed by atoms with Gasteiger partial charge in [0, 0.05) is 17.6 Å². The number of carbonyl (C=O) groups is 1. The van der Waals surface area contributed by atoms with Gasteiger partial charge in [0.05, 0.1) is 6.04 Å². The lowest BCUT2D eigenvalue weighted by molar-refractivity contribution is -0.134. The van der Waals surface area contributed by atoms with E-state index in [0.29, 0.717) is 16.3 Å². The van der Waals surface area contributed by atoms with E-state index in [1.807, 2.05) is 0 Å². The van der Waals surface area contributed by atoms with Gasteiger partial charge in [0.1, 0.15) is 11.6 Å². The Hall–Kier alpha value is -2.07. The van der Waals surface area contributed by atoms with E-state index in [0.717, 1.165) is 0 Å². The molecule has 0 saturated heterocycles. The molecule has 0 fully saturated rings. The molecule has 3 nitrogen and oxygen atoms in total. The molecule has 2 aromatic rings. The molecule has 116 valence electrons. The first-order valence-electron chi connectivity index (χ1n) is 6.87. The van der Waals surface area contributed by atoms with E-state index in [4.69, 9.17) is 16.3 Å². The molecular formula is C17H17ClFNO2. The Kier molecular flexibility index (Phi) is 5.39. The normalized spacial score (nSPS) is 11.8. The van der Waals surface area contributed by atoms with E-state index in [-0.39, 0.29) is 24.4 Å². The fourth-order valence-corrected chi connectivity index (χ4v) is 2.14. The van der Waals surface area contributed by atoms with Gasteiger partial charge in [-0.3, -0.25) is 4.79 Å². The summed E-state index contributed by atoms with van der Waals surface area (Å²) < 4.78 is 19.2. The molecule has 0 N–H and O–H groups in total. The van der Waals surface area contributed by atoms with Crippen molar-refractivity contribution in [3.05, 3.63) is 64.9 Å². The monoisotopic (exact) mass is 321 g/mol. The van der Waals surface area contributed by atoms with Gasteiger partial charge in [-0.15, -0.1) is 0 Å². The molecule has 1 unspecified atom stereocenters. The van der Waals surface area contributed by atoms with Crippen molar-refractivity contribution in [3.63, 3.8) is 0 Å². The summed E-state index contributed by atoms with van der Waals surface area (Å²) in [7, 11) is 1.63. The second kappa shape index (κ2) is 7.27. The van der Waals surface area contributed by atoms with Gasteiger partial charge in [0.2, 0.25) is 0 Å². The van der Waals surface area contributed by atoms with Gasteiger partial charge in [0.15, 0.2) is 6.61 Å². The topological polar surface area (TPSA) is 29.5 Å². The Balaban J connectivity index is 1.97. The van der Waals surface area contributed by atoms with E-state index in [2.05, 4.69) is 0 Å². The van der Waals surface area contributed by atoms with Gasteiger partial charge in [-0.05, 0) is 37.3 Å². The predicted octanol–water partition coefficient (Wildman–Crippen LogP) is 4.08. The second-order valence-corrected chi connectivity index (χ2v) is 5.38. The van der Waals surface area contributed by atoms with Crippen LogP contribution in [0.15, 0.2) is 48.5 Å². The molecule has 0 heterocycles. The molecule has 0 spiro atoms. The third-order valence-corrected chi connectivity index (χ3v) is 3.76. The molecular weight excluding hydrogens is 305 g/mol. The zero-order valence-electron chi connectivity index (χ0n) is 12.4. The smallest absolute Gasteiger partial charge is 0.260 e. The lowest BCUT2D eigenvalue weighted by Crippen LogP contribution is -2.34. The first kappa shape index (κ1) is 16.3. The Morgan fingerprint density at radius 1 is 1.23 bits per heavy atom. The van der Waals surface area contributed by atoms with Gasteiger partial charge in [0.25, 0.3) is 5.91 Å². The molecule has 0 radical (unpaired) electrons. The third-order valence-electron chi connectivity index (χ3n) is 3.51. The van der Waals surface area contributed by atoms with Crippen LogP contribution in [0.5, 0.6) is 5.75 Å². The van der Waals surface area contributed by atoms with Crippen molar-refractivity contribution in [2.45, 2.75) is 13.0 Å². The summed E-state index contributed by atoms with van der Waals surface area (Å²) in [4.78, 5) is 13.6. The molecule has 22 heavy (non-hydrogen) atoms. The van der Waals surface area contributed by atoms with Gasteiger partial charge in [-0.25, -0.2) is 4.39 Å². The SMILES string of the molecule is CC(c1ccccc1F)N(C)C(=O)COc1ccc(Cl)cc1. The summed E-state index contributed by atoms with van der Waals surface area (Å²) in [6.07, 6.45) is 0. The third kappa shape index (κ3) is 3.98. The van der Waals surface area contributed by atoms with Crippen LogP contribution in [0.3, 0.4) is 0 Å². The number of halogens is 2. The summed E-state index contributed by atoms with van der Waals surface area (Å²) in [6.45, 7) is 1.66. The number of likely N-dealkylation sites (N-methyl/N-ethyl adjacent to an activating group) is 1. The number of hydrogen-bond donors (Lipinski definition) is 0. The van der Waals surface area contributed by atoms with Crippen LogP contribution < -0.4 is 4.74 Å². The first-order valence-corrected chi connectivity index (χ1v) is 7.25. The fourth-order valence-electron chi connectivity index (χ4n) is 2.02. The number of nitrogens with zero attached hydrogens (tertiary/aromatic N) is 1. The number of carbonyl (C=O) groups excluding carboxylic acids is 1. The molecule has 1 atom stereocenters. The van der Waals surface area contributed by atoms with Crippen LogP contribution in [0.25, 0.3) is 0 Å². The van der Waals surface area contributed by atoms with E-state index < -0.39 is 0 Å². The highest BCUT2D eigenvalue weighted by atomic mass is 35.5. The Bertz CT molecular complexity index is 645. The van der Waals surface area contributed by atoms with E-state index in [9.17, 15) is 9.18 Å². The van der Waals surface area contributed by atoms with Crippen LogP contribution in [0.4, 0.5) is 4.39 Å². The van der Waals surface area contributed by atoms with Gasteiger partial charge < -0.3 is 9.64 Å². The summed E-state index contributed by atoms with van der Waals surface area (Å²) in [5, 5.41) is 0.601. The standard InChI is InChI=1S/C17H17ClFNO2/c1-12(15-5-3-4-6-16(15)19)20(2)17(21)11-22-14-9-7-13(18)8-10-14/h3-10,12H,11H2,1-2H3. The van der Waals surface area contributed by atoms with E-state index >= 15 is 0 Å². The van der Waals surface area contributed by atoms with Crippen LogP contribution in [0, 0.1) is 5.82 Å². The van der Waals surface area contributed by atoms with Crippen molar-refractivity contribution >= 4 is 17.5 Å². The molecule has 0 bridgehead atoms. The van der Waals surface area contributed by atoms with Crippen LogP contribution >= 0.6 is 11.6 Å². The minimum absolute atomic E-state index is 0.114. The maximum absolute atomic E-state index is 13.8. The zero-order valence-corrected chi connectivity index (χ0v) is 13.2. The molecule has 0 saturated carbocycles. The summed E-state index contributed by atoms with van der Waals surface area (Å²) in [6, 6.07) is 12.8. The number of hydrogen-bond acceptors (Lipinski definition) is 2. The Morgan fingerprint density at radius 2 is 1.86 bits per heavy atom. The van der Waals surface area contributed by atoms with E-state index in [1.54, 1.807) is 56.4 Å². The van der Waals surface area contributed by atoms with Crippen molar-refractivity contribution in [3.8, 4) is 5.75 Å². The van der Waals surface area contributed by atoms with Crippen molar-refractivity contribution in [1.29, 1.82) is 0 Å². The van der Waals surface area contributed by atoms with Crippen LogP contribution in [0.1, 0.15) is 18.5 Å². The quantitative estimate of drug-likeness (QED) is 0.830. The molecule has 1 amide bonds. The van der Waals surface area contributed by atoms with Crippen LogP contribution in [-0.4, -0.2) is 24.5 Å². The maximum Gasteiger partial charge on any atom is 0.260 e. The fraction of sp³-hybridized carbons (Fsp3) is 0.235. The first-order chi connectivity index (χ1) is 10.5. The van der Waals surface area contributed by atoms with Gasteiger partial charge >= 0.3 is 0 Å². The minimum atomic E-state index is -0.373. The average molecular weight is 322 g/mol. The molecule has 0 aliphatic heterocycles. The zero-order chi connectivity index (χ0) is 16.1. The Morgan fingerprint density at radius 3 is 2.50 bits per heavy atom. The maximum atomic E-state index is 13.8. The average Bonchev–Trinajstić information content (AvgIpc) is 2.53. The van der Waals surface area contributed by atoms with Crippen molar-refractivity contribution in [2.75, 3.05) is 13.7 Å². The largest absolute Gasteiger partial charge is 0.484 e. The summed E-state index contributed by atoms with van der Waals surface area (Å²) >= 11 is 5.78. The van der Waals surface area contributed by atoms with Gasteiger partial charge in [-0.2, -0.15) is 0 Å². The lowest BCUT2D eigenvalue weighted by Gasteiger charge is -2.25. The molecule has 2 aromatic carbocycles. The van der Waals surface area contributed by atoms with Crippen molar-refractivity contribution in [1.82, 2.24) is 4.90 Å². The van der Waals surface area contributed by atoms with Crippen LogP contribution in [-0.2, 0) is 4.79 Å². The van der Waals surface area contributed by atoms with Crippen molar-refractivity contribution < 1.29 is 13.9 Å². The summed E-state index contributed by atoms with van der Waals surface area (Å²) in [5.74, 6) is 0.00340. The predicted molar refractivity (Wildman–Crippen MR) is 84.5 cm³/mol. The molecule has 0 aliphatic rings. The lowest BCUT2D eigenvalue weighted by atomic mass is 10.1. The number of amides is 1. The number of benzene rings is 2. The second-order valence-electron chi connectivity index (χ2n) is 4.94. The molecule has 0 aliphatic carbocycles. The number of rotatable bonds is 5. The van der Waals surface area contributed by atoms with E-state index in [1.165, 1.54) is 11.0 Å².